The fourth-order valence-electron chi connectivity index (χ4n) is 3.26. The van der Waals surface area contributed by atoms with Crippen LogP contribution in [0, 0.1) is 5.82 Å². The van der Waals surface area contributed by atoms with E-state index in [9.17, 15) is 27.2 Å². The number of carbonyl (C=O) groups excluding carboxylic acids is 2. The lowest BCUT2D eigenvalue weighted by molar-refractivity contribution is -0.184. The van der Waals surface area contributed by atoms with Crippen LogP contribution >= 0.6 is 23.2 Å². The van der Waals surface area contributed by atoms with Crippen molar-refractivity contribution in [2.24, 2.45) is 0 Å². The third-order valence-corrected chi connectivity index (χ3v) is 5.36. The molecule has 1 heterocycles. The van der Waals surface area contributed by atoms with Crippen LogP contribution in [0.15, 0.2) is 42.5 Å². The van der Waals surface area contributed by atoms with Gasteiger partial charge in [0.2, 0.25) is 0 Å². The largest absolute Gasteiger partial charge is 0.468 e. The monoisotopic (exact) mass is 577 g/mol. The first-order chi connectivity index (χ1) is 17.7. The Morgan fingerprint density at radius 3 is 2.37 bits per heavy atom. The summed E-state index contributed by atoms with van der Waals surface area (Å²) < 4.78 is 68.5. The molecule has 1 aromatic heterocycles. The summed E-state index contributed by atoms with van der Waals surface area (Å²) in [5.74, 6) is -3.13. The maximum atomic E-state index is 14.8. The normalized spacial score (nSPS) is 11.8. The predicted octanol–water partition coefficient (Wildman–Crippen LogP) is 6.09. The van der Waals surface area contributed by atoms with Crippen molar-refractivity contribution in [2.45, 2.75) is 25.6 Å². The Hall–Kier alpha value is -3.35. The second-order valence-corrected chi connectivity index (χ2v) is 9.26. The van der Waals surface area contributed by atoms with E-state index in [0.29, 0.717) is 0 Å². The number of alkyl halides is 3. The van der Waals surface area contributed by atoms with Crippen molar-refractivity contribution in [2.75, 3.05) is 25.6 Å². The highest BCUT2D eigenvalue weighted by atomic mass is 35.5. The average molecular weight is 578 g/mol. The van der Waals surface area contributed by atoms with E-state index in [2.05, 4.69) is 15.0 Å². The van der Waals surface area contributed by atoms with Crippen molar-refractivity contribution in [3.05, 3.63) is 69.6 Å². The van der Waals surface area contributed by atoms with Gasteiger partial charge in [0.15, 0.2) is 11.5 Å². The van der Waals surface area contributed by atoms with Gasteiger partial charge >= 0.3 is 18.2 Å². The van der Waals surface area contributed by atoms with Crippen molar-refractivity contribution in [3.63, 3.8) is 0 Å². The Labute approximate surface area is 224 Å². The molecule has 0 saturated heterocycles. The quantitative estimate of drug-likeness (QED) is 0.244. The second-order valence-electron chi connectivity index (χ2n) is 8.42. The van der Waals surface area contributed by atoms with Crippen molar-refractivity contribution >= 4 is 40.9 Å². The minimum atomic E-state index is -4.59. The molecule has 0 unspecified atom stereocenters. The SMILES string of the molecule is COc1nc(NC(=O)c2ccc(Cl)cc2Cl)c(C(=O)OC(C)(C)COCC(F)(F)F)n1-c1ccccc1F. The molecule has 0 spiro atoms. The summed E-state index contributed by atoms with van der Waals surface area (Å²) in [5, 5.41) is 2.70. The van der Waals surface area contributed by atoms with Crippen LogP contribution in [0.2, 0.25) is 10.0 Å². The van der Waals surface area contributed by atoms with Crippen LogP contribution in [0.3, 0.4) is 0 Å². The topological polar surface area (TPSA) is 91.7 Å². The zero-order valence-electron chi connectivity index (χ0n) is 20.2. The van der Waals surface area contributed by atoms with Gasteiger partial charge in [0.25, 0.3) is 5.91 Å². The molecule has 0 fully saturated rings. The van der Waals surface area contributed by atoms with E-state index in [0.717, 1.165) is 10.6 Å². The minimum Gasteiger partial charge on any atom is -0.468 e. The molecule has 1 amide bonds. The Bertz CT molecular complexity index is 1350. The first-order valence-electron chi connectivity index (χ1n) is 10.8. The summed E-state index contributed by atoms with van der Waals surface area (Å²) in [6.45, 7) is 0.450. The third kappa shape index (κ3) is 7.15. The lowest BCUT2D eigenvalue weighted by Gasteiger charge is -2.25. The number of para-hydroxylation sites is 1. The summed E-state index contributed by atoms with van der Waals surface area (Å²) in [5.41, 5.74) is -2.24. The molecule has 204 valence electrons. The van der Waals surface area contributed by atoms with Gasteiger partial charge in [-0.3, -0.25) is 9.36 Å². The number of hydrogen-bond donors (Lipinski definition) is 1. The molecule has 0 aliphatic carbocycles. The molecule has 0 radical (unpaired) electrons. The van der Waals surface area contributed by atoms with Gasteiger partial charge in [-0.2, -0.15) is 18.2 Å². The van der Waals surface area contributed by atoms with E-state index < -0.39 is 54.2 Å². The number of imidazole rings is 1. The Balaban J connectivity index is 2.04. The smallest absolute Gasteiger partial charge is 0.411 e. The Morgan fingerprint density at radius 2 is 1.76 bits per heavy atom. The summed E-state index contributed by atoms with van der Waals surface area (Å²) in [6.07, 6.45) is -4.59. The summed E-state index contributed by atoms with van der Waals surface area (Å²) in [7, 11) is 1.20. The lowest BCUT2D eigenvalue weighted by Crippen LogP contribution is -2.36. The number of nitrogens with zero attached hydrogens (tertiary/aromatic N) is 2. The van der Waals surface area contributed by atoms with E-state index in [1.165, 1.54) is 57.4 Å². The number of ether oxygens (including phenoxy) is 3. The number of benzene rings is 2. The number of rotatable bonds is 9. The van der Waals surface area contributed by atoms with Crippen molar-refractivity contribution in [1.29, 1.82) is 0 Å². The van der Waals surface area contributed by atoms with Gasteiger partial charge < -0.3 is 19.5 Å². The highest BCUT2D eigenvalue weighted by molar-refractivity contribution is 6.37. The summed E-state index contributed by atoms with van der Waals surface area (Å²) in [6, 6.07) is 9.10. The highest BCUT2D eigenvalue weighted by Gasteiger charge is 2.34. The number of esters is 1. The molecule has 0 saturated carbocycles. The van der Waals surface area contributed by atoms with Crippen LogP contribution in [-0.4, -0.2) is 53.5 Å². The van der Waals surface area contributed by atoms with Crippen molar-refractivity contribution < 1.29 is 41.4 Å². The number of amides is 1. The molecule has 14 heteroatoms. The number of methoxy groups -OCH3 is 1. The second kappa shape index (κ2) is 11.6. The van der Waals surface area contributed by atoms with Crippen LogP contribution in [0.5, 0.6) is 6.01 Å². The van der Waals surface area contributed by atoms with Gasteiger partial charge in [0, 0.05) is 5.02 Å². The highest BCUT2D eigenvalue weighted by Crippen LogP contribution is 2.31. The fraction of sp³-hybridized carbons (Fsp3) is 0.292. The van der Waals surface area contributed by atoms with Crippen LogP contribution in [0.4, 0.5) is 23.4 Å². The first kappa shape index (κ1) is 29.2. The number of nitrogens with one attached hydrogen (secondary N) is 1. The molecule has 3 aromatic rings. The number of aromatic nitrogens is 2. The third-order valence-electron chi connectivity index (χ3n) is 4.81. The standard InChI is InChI=1S/C24H21Cl2F4N3O5/c1-23(2,11-37-12-24(28,29)30)38-21(35)18-19(31-20(34)14-9-8-13(25)10-15(14)26)32-22(36-3)33(18)17-7-5-4-6-16(17)27/h4-10H,11-12H2,1-3H3,(H,31,34). The number of carbonyl (C=O) groups is 2. The van der Waals surface area contributed by atoms with Gasteiger partial charge in [-0.25, -0.2) is 9.18 Å². The van der Waals surface area contributed by atoms with E-state index in [4.69, 9.17) is 32.7 Å². The molecule has 0 atom stereocenters. The molecular formula is C24H21Cl2F4N3O5. The van der Waals surface area contributed by atoms with Crippen LogP contribution in [0.1, 0.15) is 34.7 Å². The van der Waals surface area contributed by atoms with Crippen LogP contribution in [-0.2, 0) is 9.47 Å². The summed E-state index contributed by atoms with van der Waals surface area (Å²) >= 11 is 12.0. The van der Waals surface area contributed by atoms with Gasteiger partial charge in [-0.05, 0) is 44.2 Å². The molecule has 1 N–H and O–H groups in total. The maximum Gasteiger partial charge on any atom is 0.411 e. The van der Waals surface area contributed by atoms with Crippen molar-refractivity contribution in [3.8, 4) is 11.7 Å². The van der Waals surface area contributed by atoms with Crippen LogP contribution < -0.4 is 10.1 Å². The molecule has 8 nitrogen and oxygen atoms in total. The maximum absolute atomic E-state index is 14.8. The van der Waals surface area contributed by atoms with Crippen LogP contribution in [0.25, 0.3) is 5.69 Å². The molecule has 3 rings (SSSR count). The van der Waals surface area contributed by atoms with E-state index in [-0.39, 0.29) is 27.3 Å². The van der Waals surface area contributed by atoms with E-state index in [1.807, 2.05) is 0 Å². The molecular weight excluding hydrogens is 557 g/mol. The van der Waals surface area contributed by atoms with Gasteiger partial charge in [0.1, 0.15) is 18.0 Å². The van der Waals surface area contributed by atoms with Gasteiger partial charge in [-0.15, -0.1) is 0 Å². The molecule has 2 aromatic carbocycles. The van der Waals surface area contributed by atoms with E-state index >= 15 is 0 Å². The molecule has 38 heavy (non-hydrogen) atoms. The molecule has 0 bridgehead atoms. The number of halogens is 6. The summed E-state index contributed by atoms with van der Waals surface area (Å²) in [4.78, 5) is 30.4. The Morgan fingerprint density at radius 1 is 1.08 bits per heavy atom. The fourth-order valence-corrected chi connectivity index (χ4v) is 3.75. The number of anilines is 1. The lowest BCUT2D eigenvalue weighted by atomic mass is 10.1. The molecule has 0 aliphatic rings. The number of hydrogen-bond acceptors (Lipinski definition) is 6. The average Bonchev–Trinajstić information content (AvgIpc) is 3.15. The van der Waals surface area contributed by atoms with Gasteiger partial charge in [0.05, 0.1) is 30.0 Å². The van der Waals surface area contributed by atoms with Crippen molar-refractivity contribution in [1.82, 2.24) is 9.55 Å². The minimum absolute atomic E-state index is 0.00238. The van der Waals surface area contributed by atoms with Gasteiger partial charge in [-0.1, -0.05) is 35.3 Å². The Kier molecular flexibility index (Phi) is 8.90. The predicted molar refractivity (Wildman–Crippen MR) is 131 cm³/mol. The van der Waals surface area contributed by atoms with E-state index in [1.54, 1.807) is 0 Å². The first-order valence-corrected chi connectivity index (χ1v) is 11.5. The zero-order valence-corrected chi connectivity index (χ0v) is 21.7. The zero-order chi connectivity index (χ0) is 28.3. The molecule has 0 aliphatic heterocycles.